The van der Waals surface area contributed by atoms with Crippen molar-refractivity contribution in [2.75, 3.05) is 7.05 Å². The maximum Gasteiger partial charge on any atom is 0.242 e. The van der Waals surface area contributed by atoms with Crippen LogP contribution in [0.5, 0.6) is 0 Å². The second-order valence-electron chi connectivity index (χ2n) is 5.82. The number of nitrogens with one attached hydrogen (secondary N) is 2. The van der Waals surface area contributed by atoms with E-state index in [0.29, 0.717) is 0 Å². The van der Waals surface area contributed by atoms with Gasteiger partial charge in [0, 0.05) is 18.8 Å². The monoisotopic (exact) mass is 300 g/mol. The topological polar surface area (TPSA) is 59.0 Å². The number of rotatable bonds is 5. The van der Waals surface area contributed by atoms with Crippen molar-refractivity contribution in [3.8, 4) is 0 Å². The van der Waals surface area contributed by atoms with Gasteiger partial charge in [-0.2, -0.15) is 5.10 Å². The van der Waals surface area contributed by atoms with Crippen LogP contribution in [-0.4, -0.2) is 22.7 Å². The number of hydrogen-bond acceptors (Lipinski definition) is 3. The Balaban J connectivity index is 2.12. The van der Waals surface area contributed by atoms with Crippen molar-refractivity contribution in [3.63, 3.8) is 0 Å². The van der Waals surface area contributed by atoms with E-state index in [4.69, 9.17) is 0 Å². The lowest BCUT2D eigenvalue weighted by Crippen LogP contribution is -2.37. The lowest BCUT2D eigenvalue weighted by atomic mass is 10.0. The van der Waals surface area contributed by atoms with Crippen LogP contribution in [0.1, 0.15) is 41.3 Å². The largest absolute Gasteiger partial charge is 0.348 e. The summed E-state index contributed by atoms with van der Waals surface area (Å²) < 4.78 is 1.69. The van der Waals surface area contributed by atoms with Crippen molar-refractivity contribution in [2.45, 2.75) is 32.9 Å². The van der Waals surface area contributed by atoms with Crippen molar-refractivity contribution in [3.05, 3.63) is 52.8 Å². The molecule has 5 nitrogen and oxygen atoms in total. The third-order valence-corrected chi connectivity index (χ3v) is 3.71. The Morgan fingerprint density at radius 2 is 1.82 bits per heavy atom. The van der Waals surface area contributed by atoms with Gasteiger partial charge in [-0.3, -0.25) is 9.48 Å². The van der Waals surface area contributed by atoms with E-state index in [1.165, 1.54) is 11.1 Å². The van der Waals surface area contributed by atoms with Crippen LogP contribution in [0.4, 0.5) is 0 Å². The summed E-state index contributed by atoms with van der Waals surface area (Å²) >= 11 is 0. The molecular weight excluding hydrogens is 276 g/mol. The first kappa shape index (κ1) is 16.2. The lowest BCUT2D eigenvalue weighted by molar-refractivity contribution is -0.123. The molecule has 2 N–H and O–H groups in total. The summed E-state index contributed by atoms with van der Waals surface area (Å²) in [6.07, 6.45) is 3.56. The van der Waals surface area contributed by atoms with Crippen molar-refractivity contribution < 1.29 is 4.79 Å². The first-order chi connectivity index (χ1) is 10.4. The fraction of sp³-hybridized carbons (Fsp3) is 0.412. The fourth-order valence-corrected chi connectivity index (χ4v) is 2.68. The van der Waals surface area contributed by atoms with Gasteiger partial charge in [0.25, 0.3) is 0 Å². The molecule has 5 heteroatoms. The Morgan fingerprint density at radius 3 is 2.32 bits per heavy atom. The number of amides is 1. The molecule has 2 rings (SSSR count). The van der Waals surface area contributed by atoms with Gasteiger partial charge in [-0.1, -0.05) is 29.3 Å². The highest BCUT2D eigenvalue weighted by Crippen LogP contribution is 2.18. The predicted molar refractivity (Wildman–Crippen MR) is 87.5 cm³/mol. The van der Waals surface area contributed by atoms with E-state index in [1.54, 1.807) is 17.9 Å². The minimum absolute atomic E-state index is 0.0429. The minimum atomic E-state index is -0.401. The number of benzene rings is 1. The van der Waals surface area contributed by atoms with Crippen LogP contribution in [0.2, 0.25) is 0 Å². The Bertz CT molecular complexity index is 642. The standard InChI is InChI=1S/C17H24N4O/c1-11-6-12(2)8-14(7-11)13(3)20-17(22)16(18-4)15-9-19-21(5)10-15/h6-10,13,16,18H,1-5H3,(H,20,22). The second-order valence-corrected chi connectivity index (χ2v) is 5.82. The van der Waals surface area contributed by atoms with E-state index in [1.807, 2.05) is 20.2 Å². The molecule has 0 radical (unpaired) electrons. The molecule has 0 fully saturated rings. The number of aryl methyl sites for hydroxylation is 3. The van der Waals surface area contributed by atoms with Gasteiger partial charge in [0.05, 0.1) is 12.2 Å². The Hall–Kier alpha value is -2.14. The third-order valence-electron chi connectivity index (χ3n) is 3.71. The summed E-state index contributed by atoms with van der Waals surface area (Å²) in [5.74, 6) is -0.0536. The normalized spacial score (nSPS) is 13.7. The molecule has 0 aliphatic heterocycles. The molecule has 1 aromatic carbocycles. The molecule has 1 amide bonds. The van der Waals surface area contributed by atoms with E-state index in [9.17, 15) is 4.79 Å². The molecule has 2 unspecified atom stereocenters. The van der Waals surface area contributed by atoms with E-state index in [2.05, 4.69) is 47.8 Å². The molecule has 2 aromatic rings. The molecule has 118 valence electrons. The van der Waals surface area contributed by atoms with Crippen LogP contribution in [0.3, 0.4) is 0 Å². The minimum Gasteiger partial charge on any atom is -0.348 e. The van der Waals surface area contributed by atoms with E-state index >= 15 is 0 Å². The van der Waals surface area contributed by atoms with Crippen LogP contribution >= 0.6 is 0 Å². The van der Waals surface area contributed by atoms with E-state index < -0.39 is 6.04 Å². The summed E-state index contributed by atoms with van der Waals surface area (Å²) in [6, 6.07) is 5.90. The smallest absolute Gasteiger partial charge is 0.242 e. The highest BCUT2D eigenvalue weighted by molar-refractivity contribution is 5.83. The van der Waals surface area contributed by atoms with Crippen molar-refractivity contribution in [1.29, 1.82) is 0 Å². The summed E-state index contributed by atoms with van der Waals surface area (Å²) in [6.45, 7) is 6.14. The number of nitrogens with zero attached hydrogens (tertiary/aromatic N) is 2. The van der Waals surface area contributed by atoms with Crippen molar-refractivity contribution in [2.24, 2.45) is 7.05 Å². The SMILES string of the molecule is CNC(C(=O)NC(C)c1cc(C)cc(C)c1)c1cnn(C)c1. The van der Waals surface area contributed by atoms with Crippen molar-refractivity contribution >= 4 is 5.91 Å². The third kappa shape index (κ3) is 3.74. The zero-order valence-corrected chi connectivity index (χ0v) is 13.8. The number of aromatic nitrogens is 2. The average Bonchev–Trinajstić information content (AvgIpc) is 2.84. The molecule has 1 aromatic heterocycles. The fourth-order valence-electron chi connectivity index (χ4n) is 2.68. The summed E-state index contributed by atoms with van der Waals surface area (Å²) in [5.41, 5.74) is 4.38. The van der Waals surface area contributed by atoms with Crippen LogP contribution < -0.4 is 10.6 Å². The maximum atomic E-state index is 12.5. The van der Waals surface area contributed by atoms with E-state index in [-0.39, 0.29) is 11.9 Å². The van der Waals surface area contributed by atoms with Gasteiger partial charge in [0.2, 0.25) is 5.91 Å². The van der Waals surface area contributed by atoms with Gasteiger partial charge in [0.15, 0.2) is 0 Å². The molecule has 0 aliphatic rings. The molecule has 0 saturated carbocycles. The quantitative estimate of drug-likeness (QED) is 0.890. The highest BCUT2D eigenvalue weighted by Gasteiger charge is 2.22. The molecule has 0 saturated heterocycles. The summed E-state index contributed by atoms with van der Waals surface area (Å²) in [5, 5.41) is 10.2. The van der Waals surface area contributed by atoms with Gasteiger partial charge >= 0.3 is 0 Å². The van der Waals surface area contributed by atoms with Gasteiger partial charge in [0.1, 0.15) is 6.04 Å². The molecule has 2 atom stereocenters. The summed E-state index contributed by atoms with van der Waals surface area (Å²) in [4.78, 5) is 12.5. The zero-order chi connectivity index (χ0) is 16.3. The molecule has 0 bridgehead atoms. The van der Waals surface area contributed by atoms with Gasteiger partial charge in [-0.25, -0.2) is 0 Å². The van der Waals surface area contributed by atoms with Gasteiger partial charge < -0.3 is 10.6 Å². The number of carbonyl (C=O) groups excluding carboxylic acids is 1. The molecule has 1 heterocycles. The highest BCUT2D eigenvalue weighted by atomic mass is 16.2. The lowest BCUT2D eigenvalue weighted by Gasteiger charge is -2.20. The maximum absolute atomic E-state index is 12.5. The van der Waals surface area contributed by atoms with Crippen LogP contribution in [-0.2, 0) is 11.8 Å². The Kier molecular flexibility index (Phi) is 4.98. The van der Waals surface area contributed by atoms with E-state index in [0.717, 1.165) is 11.1 Å². The van der Waals surface area contributed by atoms with Crippen LogP contribution in [0.15, 0.2) is 30.6 Å². The zero-order valence-electron chi connectivity index (χ0n) is 13.8. The average molecular weight is 300 g/mol. The number of carbonyl (C=O) groups is 1. The Labute approximate surface area is 131 Å². The van der Waals surface area contributed by atoms with Gasteiger partial charge in [-0.15, -0.1) is 0 Å². The number of hydrogen-bond donors (Lipinski definition) is 2. The Morgan fingerprint density at radius 1 is 1.18 bits per heavy atom. The first-order valence-electron chi connectivity index (χ1n) is 7.45. The molecule has 0 spiro atoms. The predicted octanol–water partition coefficient (Wildman–Crippen LogP) is 2.17. The van der Waals surface area contributed by atoms with Crippen LogP contribution in [0.25, 0.3) is 0 Å². The molecule has 22 heavy (non-hydrogen) atoms. The molecule has 0 aliphatic carbocycles. The second kappa shape index (κ2) is 6.75. The number of likely N-dealkylation sites (N-methyl/N-ethyl adjacent to an activating group) is 1. The van der Waals surface area contributed by atoms with Gasteiger partial charge in [-0.05, 0) is 33.4 Å². The first-order valence-corrected chi connectivity index (χ1v) is 7.45. The molecular formula is C17H24N4O. The van der Waals surface area contributed by atoms with Crippen molar-refractivity contribution in [1.82, 2.24) is 20.4 Å². The van der Waals surface area contributed by atoms with Crippen LogP contribution in [0, 0.1) is 13.8 Å². The summed E-state index contributed by atoms with van der Waals surface area (Å²) in [7, 11) is 3.62.